The van der Waals surface area contributed by atoms with Gasteiger partial charge in [-0.2, -0.15) is 0 Å². The average Bonchev–Trinajstić information content (AvgIpc) is 2.87. The molecule has 1 aliphatic carbocycles. The van der Waals surface area contributed by atoms with Crippen molar-refractivity contribution in [1.82, 2.24) is 5.32 Å². The van der Waals surface area contributed by atoms with Crippen LogP contribution in [0.3, 0.4) is 0 Å². The van der Waals surface area contributed by atoms with Crippen molar-refractivity contribution >= 4 is 11.9 Å². The molecule has 2 N–H and O–H groups in total. The maximum absolute atomic E-state index is 11.1. The van der Waals surface area contributed by atoms with Crippen LogP contribution in [0.25, 0.3) is 0 Å². The van der Waals surface area contributed by atoms with Crippen LogP contribution in [0.5, 0.6) is 0 Å². The van der Waals surface area contributed by atoms with Crippen LogP contribution in [0.4, 0.5) is 0 Å². The van der Waals surface area contributed by atoms with E-state index in [-0.39, 0.29) is 5.91 Å². The fourth-order valence-corrected chi connectivity index (χ4v) is 1.99. The minimum absolute atomic E-state index is 0.315. The van der Waals surface area contributed by atoms with Gasteiger partial charge in [0.25, 0.3) is 0 Å². The molecule has 0 bridgehead atoms. The molecule has 4 heteroatoms. The van der Waals surface area contributed by atoms with Crippen LogP contribution in [0.2, 0.25) is 0 Å². The highest BCUT2D eigenvalue weighted by Crippen LogP contribution is 2.40. The maximum atomic E-state index is 11.1. The van der Waals surface area contributed by atoms with Crippen molar-refractivity contribution < 1.29 is 14.7 Å². The van der Waals surface area contributed by atoms with E-state index in [4.69, 9.17) is 5.11 Å². The number of carboxylic acids is 1. The van der Waals surface area contributed by atoms with Crippen molar-refractivity contribution in [2.24, 2.45) is 17.8 Å². The van der Waals surface area contributed by atoms with Crippen molar-refractivity contribution in [3.8, 4) is 0 Å². The Morgan fingerprint density at radius 1 is 1.38 bits per heavy atom. The average molecular weight is 183 g/mol. The van der Waals surface area contributed by atoms with Gasteiger partial charge in [-0.15, -0.1) is 0 Å². The summed E-state index contributed by atoms with van der Waals surface area (Å²) in [4.78, 5) is 21.8. The van der Waals surface area contributed by atoms with E-state index in [1.807, 2.05) is 0 Å². The van der Waals surface area contributed by atoms with Crippen LogP contribution >= 0.6 is 0 Å². The Morgan fingerprint density at radius 3 is 2.62 bits per heavy atom. The van der Waals surface area contributed by atoms with E-state index in [0.717, 1.165) is 0 Å². The van der Waals surface area contributed by atoms with E-state index in [1.54, 1.807) is 0 Å². The molecule has 0 spiro atoms. The Kier molecular flexibility index (Phi) is 1.98. The van der Waals surface area contributed by atoms with Crippen LogP contribution in [-0.2, 0) is 9.59 Å². The van der Waals surface area contributed by atoms with Crippen molar-refractivity contribution in [1.29, 1.82) is 0 Å². The Hall–Kier alpha value is -1.06. The van der Waals surface area contributed by atoms with Gasteiger partial charge in [-0.05, 0) is 31.1 Å². The molecule has 0 unspecified atom stereocenters. The summed E-state index contributed by atoms with van der Waals surface area (Å²) in [7, 11) is 0. The van der Waals surface area contributed by atoms with E-state index >= 15 is 0 Å². The Balaban J connectivity index is 1.99. The molecule has 1 heterocycles. The van der Waals surface area contributed by atoms with Crippen LogP contribution in [0.15, 0.2) is 0 Å². The maximum Gasteiger partial charge on any atom is 0.316 e. The molecule has 13 heavy (non-hydrogen) atoms. The second-order valence-electron chi connectivity index (χ2n) is 3.97. The predicted molar refractivity (Wildman–Crippen MR) is 45.0 cm³/mol. The zero-order valence-electron chi connectivity index (χ0n) is 7.32. The largest absolute Gasteiger partial charge is 0.481 e. The zero-order chi connectivity index (χ0) is 9.42. The van der Waals surface area contributed by atoms with Crippen molar-refractivity contribution in [3.05, 3.63) is 0 Å². The molecule has 2 atom stereocenters. The molecule has 4 nitrogen and oxygen atoms in total. The normalized spacial score (nSPS) is 34.0. The molecule has 0 aromatic rings. The van der Waals surface area contributed by atoms with Gasteiger partial charge < -0.3 is 10.4 Å². The van der Waals surface area contributed by atoms with Crippen molar-refractivity contribution in [2.45, 2.75) is 19.3 Å². The number of hydrogen-bond donors (Lipinski definition) is 2. The first-order valence-electron chi connectivity index (χ1n) is 4.69. The summed E-state index contributed by atoms with van der Waals surface area (Å²) in [6.07, 6.45) is 2.94. The van der Waals surface area contributed by atoms with E-state index in [1.165, 1.54) is 12.8 Å². The zero-order valence-corrected chi connectivity index (χ0v) is 7.32. The van der Waals surface area contributed by atoms with E-state index < -0.39 is 11.9 Å². The van der Waals surface area contributed by atoms with Gasteiger partial charge >= 0.3 is 5.97 Å². The fraction of sp³-hybridized carbons (Fsp3) is 0.778. The first-order chi connectivity index (χ1) is 6.18. The van der Waals surface area contributed by atoms with Crippen LogP contribution in [-0.4, -0.2) is 23.5 Å². The molecular formula is C9H13NO3. The lowest BCUT2D eigenvalue weighted by atomic mass is 9.87. The Labute approximate surface area is 76.3 Å². The highest BCUT2D eigenvalue weighted by Gasteiger charge is 2.40. The molecule has 1 saturated carbocycles. The number of nitrogens with one attached hydrogen (secondary N) is 1. The summed E-state index contributed by atoms with van der Waals surface area (Å²) in [5, 5.41) is 11.4. The minimum atomic E-state index is -0.983. The van der Waals surface area contributed by atoms with Gasteiger partial charge in [0.05, 0.1) is 0 Å². The van der Waals surface area contributed by atoms with Gasteiger partial charge in [-0.25, -0.2) is 0 Å². The molecule has 1 amide bonds. The SMILES string of the molecule is O=C(O)[C@H]1C[C@@H](C2CC2)CNC1=O. The fourth-order valence-electron chi connectivity index (χ4n) is 1.99. The third-order valence-corrected chi connectivity index (χ3v) is 2.98. The summed E-state index contributed by atoms with van der Waals surface area (Å²) in [6.45, 7) is 0.674. The minimum Gasteiger partial charge on any atom is -0.481 e. The summed E-state index contributed by atoms with van der Waals surface area (Å²) in [5.41, 5.74) is 0. The number of carboxylic acid groups (broad SMARTS) is 1. The monoisotopic (exact) mass is 183 g/mol. The summed E-state index contributed by atoms with van der Waals surface area (Å²) >= 11 is 0. The number of carbonyl (C=O) groups excluding carboxylic acids is 1. The predicted octanol–water partition coefficient (Wildman–Crippen LogP) is 0.233. The Morgan fingerprint density at radius 2 is 2.08 bits per heavy atom. The first kappa shape index (κ1) is 8.53. The van der Waals surface area contributed by atoms with E-state index in [2.05, 4.69) is 5.32 Å². The number of carbonyl (C=O) groups is 2. The number of rotatable bonds is 2. The number of aliphatic carboxylic acids is 1. The second kappa shape index (κ2) is 3.01. The smallest absolute Gasteiger partial charge is 0.316 e. The summed E-state index contributed by atoms with van der Waals surface area (Å²) in [6, 6.07) is 0. The summed E-state index contributed by atoms with van der Waals surface area (Å²) < 4.78 is 0. The van der Waals surface area contributed by atoms with Gasteiger partial charge in [-0.1, -0.05) is 0 Å². The highest BCUT2D eigenvalue weighted by molar-refractivity contribution is 5.97. The summed E-state index contributed by atoms with van der Waals surface area (Å²) in [5.74, 6) is -1.03. The van der Waals surface area contributed by atoms with Crippen molar-refractivity contribution in [3.63, 3.8) is 0 Å². The molecule has 0 radical (unpaired) electrons. The molecule has 2 aliphatic rings. The van der Waals surface area contributed by atoms with Gasteiger partial charge in [0.15, 0.2) is 0 Å². The third kappa shape index (κ3) is 1.66. The molecule has 72 valence electrons. The number of hydrogen-bond acceptors (Lipinski definition) is 2. The number of piperidine rings is 1. The van der Waals surface area contributed by atoms with Crippen LogP contribution in [0.1, 0.15) is 19.3 Å². The molecular weight excluding hydrogens is 170 g/mol. The molecule has 2 rings (SSSR count). The lowest BCUT2D eigenvalue weighted by Crippen LogP contribution is -2.45. The molecule has 0 aromatic carbocycles. The third-order valence-electron chi connectivity index (χ3n) is 2.98. The molecule has 2 fully saturated rings. The van der Waals surface area contributed by atoms with Gasteiger partial charge in [0.1, 0.15) is 5.92 Å². The topological polar surface area (TPSA) is 66.4 Å². The standard InChI is InChI=1S/C9H13NO3/c11-8-7(9(12)13)3-6(4-10-8)5-1-2-5/h5-7H,1-4H2,(H,10,11)(H,12,13)/t6-,7+/m1/s1. The number of amides is 1. The van der Waals surface area contributed by atoms with E-state index in [0.29, 0.717) is 24.8 Å². The van der Waals surface area contributed by atoms with Crippen LogP contribution in [0, 0.1) is 17.8 Å². The lowest BCUT2D eigenvalue weighted by molar-refractivity contribution is -0.149. The first-order valence-corrected chi connectivity index (χ1v) is 4.69. The van der Waals surface area contributed by atoms with Gasteiger partial charge in [0, 0.05) is 6.54 Å². The second-order valence-corrected chi connectivity index (χ2v) is 3.97. The highest BCUT2D eigenvalue weighted by atomic mass is 16.4. The van der Waals surface area contributed by atoms with E-state index in [9.17, 15) is 9.59 Å². The molecule has 1 aliphatic heterocycles. The molecule has 1 saturated heterocycles. The Bertz CT molecular complexity index is 247. The quantitative estimate of drug-likeness (QED) is 0.602. The van der Waals surface area contributed by atoms with Gasteiger partial charge in [-0.3, -0.25) is 9.59 Å². The molecule has 0 aromatic heterocycles. The lowest BCUT2D eigenvalue weighted by Gasteiger charge is -2.26. The van der Waals surface area contributed by atoms with Crippen molar-refractivity contribution in [2.75, 3.05) is 6.54 Å². The van der Waals surface area contributed by atoms with Crippen LogP contribution < -0.4 is 5.32 Å². The van der Waals surface area contributed by atoms with Gasteiger partial charge in [0.2, 0.25) is 5.91 Å².